The molecule has 0 aliphatic carbocycles. The first kappa shape index (κ1) is 19.3. The van der Waals surface area contributed by atoms with Crippen molar-refractivity contribution in [2.24, 2.45) is 0 Å². The van der Waals surface area contributed by atoms with Gasteiger partial charge >= 0.3 is 0 Å². The number of carbonyl (C=O) groups is 1. The smallest absolute Gasteiger partial charge is 0.239 e. The number of rotatable bonds is 7. The second-order valence-corrected chi connectivity index (χ2v) is 9.06. The molecule has 0 unspecified atom stereocenters. The number of sulfone groups is 1. The minimum absolute atomic E-state index is 0.251. The molecule has 3 aromatic rings. The second kappa shape index (κ2) is 8.45. The fraction of sp³-hybridized carbons (Fsp3) is 0.200. The first-order valence-corrected chi connectivity index (χ1v) is 11.2. The van der Waals surface area contributed by atoms with E-state index in [0.717, 1.165) is 22.6 Å². The van der Waals surface area contributed by atoms with E-state index < -0.39 is 21.5 Å². The minimum Gasteiger partial charge on any atom is -0.325 e. The molecular weight excluding hydrogens is 380 g/mol. The lowest BCUT2D eigenvalue weighted by molar-refractivity contribution is -0.113. The van der Waals surface area contributed by atoms with Crippen LogP contribution in [0.15, 0.2) is 60.0 Å². The number of carbonyl (C=O) groups excluding carboxylic acids is 1. The standard InChI is InChI=1S/C20H20N2O3S2/c1-2-15-8-10-17(11-9-15)21-19(23)14-27(24,25)13-18-12-26-20(22-18)16-6-4-3-5-7-16/h3-12H,2,13-14H2,1H3,(H,21,23). The third kappa shape index (κ3) is 5.48. The van der Waals surface area contributed by atoms with E-state index in [1.54, 1.807) is 17.5 Å². The number of benzene rings is 2. The Balaban J connectivity index is 1.61. The highest BCUT2D eigenvalue weighted by Gasteiger charge is 2.19. The van der Waals surface area contributed by atoms with Crippen molar-refractivity contribution in [2.75, 3.05) is 11.1 Å². The number of anilines is 1. The third-order valence-corrected chi connectivity index (χ3v) is 6.32. The van der Waals surface area contributed by atoms with Gasteiger partial charge in [0.15, 0.2) is 9.84 Å². The van der Waals surface area contributed by atoms with Gasteiger partial charge in [0, 0.05) is 16.6 Å². The molecule has 0 fully saturated rings. The molecule has 1 amide bonds. The summed E-state index contributed by atoms with van der Waals surface area (Å²) >= 11 is 1.39. The van der Waals surface area contributed by atoms with Gasteiger partial charge in [-0.25, -0.2) is 13.4 Å². The van der Waals surface area contributed by atoms with Crippen molar-refractivity contribution in [3.8, 4) is 10.6 Å². The van der Waals surface area contributed by atoms with Gasteiger partial charge in [-0.2, -0.15) is 0 Å². The maximum absolute atomic E-state index is 12.4. The van der Waals surface area contributed by atoms with Gasteiger partial charge in [0.25, 0.3) is 0 Å². The highest BCUT2D eigenvalue weighted by atomic mass is 32.2. The van der Waals surface area contributed by atoms with Crippen LogP contribution in [-0.4, -0.2) is 25.1 Å². The molecule has 0 aliphatic rings. The Kier molecular flexibility index (Phi) is 6.03. The molecule has 140 valence electrons. The molecular formula is C20H20N2O3S2. The lowest BCUT2D eigenvalue weighted by Gasteiger charge is -2.06. The van der Waals surface area contributed by atoms with Crippen LogP contribution in [0.2, 0.25) is 0 Å². The third-order valence-electron chi connectivity index (χ3n) is 3.94. The van der Waals surface area contributed by atoms with Crippen LogP contribution >= 0.6 is 11.3 Å². The summed E-state index contributed by atoms with van der Waals surface area (Å²) in [6.07, 6.45) is 0.904. The van der Waals surface area contributed by atoms with Crippen molar-refractivity contribution in [1.29, 1.82) is 0 Å². The molecule has 0 aliphatic heterocycles. The van der Waals surface area contributed by atoms with Gasteiger partial charge in [-0.15, -0.1) is 11.3 Å². The van der Waals surface area contributed by atoms with Crippen molar-refractivity contribution in [1.82, 2.24) is 4.98 Å². The average Bonchev–Trinajstić information content (AvgIpc) is 3.10. The van der Waals surface area contributed by atoms with Crippen molar-refractivity contribution in [2.45, 2.75) is 19.1 Å². The molecule has 3 rings (SSSR count). The fourth-order valence-electron chi connectivity index (χ4n) is 2.58. The zero-order chi connectivity index (χ0) is 19.3. The maximum Gasteiger partial charge on any atom is 0.239 e. The van der Waals surface area contributed by atoms with Crippen LogP contribution in [0.4, 0.5) is 5.69 Å². The highest BCUT2D eigenvalue weighted by Crippen LogP contribution is 2.24. The summed E-state index contributed by atoms with van der Waals surface area (Å²) in [7, 11) is -3.60. The van der Waals surface area contributed by atoms with Crippen LogP contribution in [0.25, 0.3) is 10.6 Å². The summed E-state index contributed by atoms with van der Waals surface area (Å²) in [5.74, 6) is -1.36. The molecule has 1 heterocycles. The van der Waals surface area contributed by atoms with Gasteiger partial charge in [-0.1, -0.05) is 49.4 Å². The number of nitrogens with one attached hydrogen (secondary N) is 1. The van der Waals surface area contributed by atoms with Gasteiger partial charge in [0.1, 0.15) is 10.8 Å². The number of hydrogen-bond acceptors (Lipinski definition) is 5. The average molecular weight is 401 g/mol. The zero-order valence-corrected chi connectivity index (χ0v) is 16.5. The number of aryl methyl sites for hydroxylation is 1. The number of thiazole rings is 1. The molecule has 1 aromatic heterocycles. The molecule has 0 radical (unpaired) electrons. The van der Waals surface area contributed by atoms with Crippen LogP contribution in [0.3, 0.4) is 0 Å². The van der Waals surface area contributed by atoms with Crippen molar-refractivity contribution in [3.05, 3.63) is 71.2 Å². The molecule has 7 heteroatoms. The van der Waals surface area contributed by atoms with Crippen LogP contribution in [0, 0.1) is 0 Å². The number of aromatic nitrogens is 1. The highest BCUT2D eigenvalue weighted by molar-refractivity contribution is 7.91. The molecule has 0 saturated heterocycles. The Morgan fingerprint density at radius 2 is 1.78 bits per heavy atom. The molecule has 0 atom stereocenters. The second-order valence-electron chi connectivity index (χ2n) is 6.14. The number of nitrogens with zero attached hydrogens (tertiary/aromatic N) is 1. The Bertz CT molecular complexity index is 1010. The SMILES string of the molecule is CCc1ccc(NC(=O)CS(=O)(=O)Cc2csc(-c3ccccc3)n2)cc1. The lowest BCUT2D eigenvalue weighted by atomic mass is 10.1. The summed E-state index contributed by atoms with van der Waals surface area (Å²) in [6.45, 7) is 2.04. The molecule has 5 nitrogen and oxygen atoms in total. The topological polar surface area (TPSA) is 76.1 Å². The van der Waals surface area contributed by atoms with Crippen LogP contribution in [0.5, 0.6) is 0 Å². The summed E-state index contributed by atoms with van der Waals surface area (Å²) in [5.41, 5.74) is 3.14. The number of hydrogen-bond donors (Lipinski definition) is 1. The normalized spacial score (nSPS) is 11.3. The van der Waals surface area contributed by atoms with Crippen molar-refractivity contribution < 1.29 is 13.2 Å². The van der Waals surface area contributed by atoms with E-state index in [0.29, 0.717) is 11.4 Å². The first-order chi connectivity index (χ1) is 12.9. The fourth-order valence-corrected chi connectivity index (χ4v) is 4.69. The van der Waals surface area contributed by atoms with E-state index >= 15 is 0 Å². The lowest BCUT2D eigenvalue weighted by Crippen LogP contribution is -2.24. The maximum atomic E-state index is 12.4. The largest absolute Gasteiger partial charge is 0.325 e. The van der Waals surface area contributed by atoms with Gasteiger partial charge in [0.2, 0.25) is 5.91 Å². The quantitative estimate of drug-likeness (QED) is 0.652. The van der Waals surface area contributed by atoms with Gasteiger partial charge in [-0.05, 0) is 24.1 Å². The Morgan fingerprint density at radius 1 is 1.07 bits per heavy atom. The van der Waals surface area contributed by atoms with E-state index in [1.165, 1.54) is 11.3 Å². The van der Waals surface area contributed by atoms with E-state index in [2.05, 4.69) is 10.3 Å². The van der Waals surface area contributed by atoms with E-state index in [1.807, 2.05) is 49.4 Å². The van der Waals surface area contributed by atoms with Crippen LogP contribution < -0.4 is 5.32 Å². The van der Waals surface area contributed by atoms with Gasteiger partial charge in [-0.3, -0.25) is 4.79 Å². The predicted octanol–water partition coefficient (Wildman–Crippen LogP) is 3.93. The van der Waals surface area contributed by atoms with Gasteiger partial charge < -0.3 is 5.32 Å². The number of amides is 1. The van der Waals surface area contributed by atoms with Gasteiger partial charge in [0.05, 0.1) is 11.4 Å². The Labute approximate surface area is 163 Å². The summed E-state index contributed by atoms with van der Waals surface area (Å²) < 4.78 is 24.7. The monoisotopic (exact) mass is 400 g/mol. The van der Waals surface area contributed by atoms with E-state index in [-0.39, 0.29) is 5.75 Å². The molecule has 1 N–H and O–H groups in total. The summed E-state index contributed by atoms with van der Waals surface area (Å²) in [5, 5.41) is 5.12. The summed E-state index contributed by atoms with van der Waals surface area (Å²) in [6, 6.07) is 16.9. The Morgan fingerprint density at radius 3 is 2.44 bits per heavy atom. The minimum atomic E-state index is -3.60. The van der Waals surface area contributed by atoms with Crippen molar-refractivity contribution >= 4 is 32.8 Å². The first-order valence-electron chi connectivity index (χ1n) is 8.54. The molecule has 27 heavy (non-hydrogen) atoms. The molecule has 2 aromatic carbocycles. The van der Waals surface area contributed by atoms with Crippen LogP contribution in [0.1, 0.15) is 18.2 Å². The molecule has 0 spiro atoms. The predicted molar refractivity (Wildman–Crippen MR) is 109 cm³/mol. The Hall–Kier alpha value is -2.51. The summed E-state index contributed by atoms with van der Waals surface area (Å²) in [4.78, 5) is 16.5. The zero-order valence-electron chi connectivity index (χ0n) is 14.9. The van der Waals surface area contributed by atoms with E-state index in [9.17, 15) is 13.2 Å². The van der Waals surface area contributed by atoms with Crippen molar-refractivity contribution in [3.63, 3.8) is 0 Å². The van der Waals surface area contributed by atoms with Crippen LogP contribution in [-0.2, 0) is 26.8 Å². The molecule has 0 saturated carbocycles. The molecule has 0 bridgehead atoms. The van der Waals surface area contributed by atoms with E-state index in [4.69, 9.17) is 0 Å².